The highest BCUT2D eigenvalue weighted by Gasteiger charge is 2.27. The van der Waals surface area contributed by atoms with Crippen LogP contribution in [0.2, 0.25) is 0 Å². The summed E-state index contributed by atoms with van der Waals surface area (Å²) in [7, 11) is 0. The summed E-state index contributed by atoms with van der Waals surface area (Å²) in [5, 5.41) is 3.00. The molecule has 3 heterocycles. The minimum Gasteiger partial charge on any atom is -0.376 e. The Kier molecular flexibility index (Phi) is 7.81. The van der Waals surface area contributed by atoms with Crippen LogP contribution >= 0.6 is 0 Å². The van der Waals surface area contributed by atoms with Crippen molar-refractivity contribution >= 4 is 17.6 Å². The molecule has 3 aliphatic heterocycles. The maximum atomic E-state index is 13.0. The molecule has 31 heavy (non-hydrogen) atoms. The van der Waals surface area contributed by atoms with Crippen molar-refractivity contribution in [3.8, 4) is 0 Å². The molecule has 0 spiro atoms. The van der Waals surface area contributed by atoms with Crippen LogP contribution in [0.1, 0.15) is 61.7 Å². The zero-order valence-corrected chi connectivity index (χ0v) is 18.4. The summed E-state index contributed by atoms with van der Waals surface area (Å²) in [6.07, 6.45) is 8.81. The summed E-state index contributed by atoms with van der Waals surface area (Å²) in [6.45, 7) is 4.37. The van der Waals surface area contributed by atoms with Crippen LogP contribution in [0, 0.1) is 0 Å². The van der Waals surface area contributed by atoms with E-state index in [0.29, 0.717) is 24.3 Å². The summed E-state index contributed by atoms with van der Waals surface area (Å²) >= 11 is 0. The molecular formula is C24H35N3O4. The second-order valence-electron chi connectivity index (χ2n) is 8.89. The average molecular weight is 430 g/mol. The third-order valence-corrected chi connectivity index (χ3v) is 6.46. The first-order valence-corrected chi connectivity index (χ1v) is 11.9. The van der Waals surface area contributed by atoms with Gasteiger partial charge in [-0.05, 0) is 62.8 Å². The number of hydrogen-bond donors (Lipinski definition) is 1. The number of urea groups is 1. The Bertz CT molecular complexity index is 701. The van der Waals surface area contributed by atoms with Gasteiger partial charge in [-0.15, -0.1) is 0 Å². The Hall–Kier alpha value is -2.12. The molecular weight excluding hydrogens is 394 g/mol. The number of likely N-dealkylation sites (tertiary alicyclic amines) is 1. The SMILES string of the molecule is O=C(Nc1ccc(C(=O)N2CCCCCC2)cc1)N(C[C@@H]1CCCO1)C[C@@H]1CCCO1. The quantitative estimate of drug-likeness (QED) is 0.745. The van der Waals surface area contributed by atoms with Crippen LogP contribution in [0.25, 0.3) is 0 Å². The Morgan fingerprint density at radius 3 is 1.97 bits per heavy atom. The molecule has 3 saturated heterocycles. The lowest BCUT2D eigenvalue weighted by molar-refractivity contribution is 0.0524. The number of amides is 3. The van der Waals surface area contributed by atoms with Crippen LogP contribution in [0.15, 0.2) is 24.3 Å². The average Bonchev–Trinajstić information content (AvgIpc) is 3.42. The van der Waals surface area contributed by atoms with Crippen molar-refractivity contribution in [3.05, 3.63) is 29.8 Å². The Morgan fingerprint density at radius 2 is 1.45 bits per heavy atom. The van der Waals surface area contributed by atoms with Crippen molar-refractivity contribution in [3.63, 3.8) is 0 Å². The first-order valence-electron chi connectivity index (χ1n) is 11.9. The highest BCUT2D eigenvalue weighted by atomic mass is 16.5. The minimum absolute atomic E-state index is 0.0816. The number of anilines is 1. The molecule has 0 bridgehead atoms. The van der Waals surface area contributed by atoms with Crippen molar-refractivity contribution in [2.24, 2.45) is 0 Å². The van der Waals surface area contributed by atoms with Crippen LogP contribution in [0.3, 0.4) is 0 Å². The summed E-state index contributed by atoms with van der Waals surface area (Å²) in [5.74, 6) is 0.0816. The van der Waals surface area contributed by atoms with E-state index >= 15 is 0 Å². The van der Waals surface area contributed by atoms with Gasteiger partial charge in [-0.3, -0.25) is 4.79 Å². The van der Waals surface area contributed by atoms with Gasteiger partial charge in [0.1, 0.15) is 0 Å². The van der Waals surface area contributed by atoms with Crippen molar-refractivity contribution in [1.82, 2.24) is 9.80 Å². The molecule has 3 fully saturated rings. The largest absolute Gasteiger partial charge is 0.376 e. The van der Waals surface area contributed by atoms with E-state index in [1.165, 1.54) is 12.8 Å². The molecule has 4 rings (SSSR count). The van der Waals surface area contributed by atoms with Gasteiger partial charge in [0, 0.05) is 50.6 Å². The van der Waals surface area contributed by atoms with Crippen molar-refractivity contribution in [1.29, 1.82) is 0 Å². The molecule has 7 nitrogen and oxygen atoms in total. The molecule has 3 amide bonds. The Balaban J connectivity index is 1.36. The topological polar surface area (TPSA) is 71.1 Å². The van der Waals surface area contributed by atoms with Gasteiger partial charge in [-0.25, -0.2) is 4.79 Å². The predicted molar refractivity (Wildman–Crippen MR) is 119 cm³/mol. The lowest BCUT2D eigenvalue weighted by atomic mass is 10.1. The van der Waals surface area contributed by atoms with Gasteiger partial charge in [0.25, 0.3) is 5.91 Å². The number of nitrogens with one attached hydrogen (secondary N) is 1. The molecule has 0 radical (unpaired) electrons. The molecule has 1 N–H and O–H groups in total. The van der Waals surface area contributed by atoms with Crippen molar-refractivity contribution < 1.29 is 19.1 Å². The maximum Gasteiger partial charge on any atom is 0.322 e. The molecule has 1 aromatic rings. The normalized spacial score (nSPS) is 24.1. The van der Waals surface area contributed by atoms with E-state index in [0.717, 1.165) is 64.8 Å². The zero-order valence-electron chi connectivity index (χ0n) is 18.4. The lowest BCUT2D eigenvalue weighted by Gasteiger charge is -2.28. The van der Waals surface area contributed by atoms with Crippen LogP contribution in [0.5, 0.6) is 0 Å². The molecule has 3 aliphatic rings. The fraction of sp³-hybridized carbons (Fsp3) is 0.667. The maximum absolute atomic E-state index is 13.0. The highest BCUT2D eigenvalue weighted by molar-refractivity contribution is 5.95. The number of rotatable bonds is 6. The van der Waals surface area contributed by atoms with Gasteiger partial charge in [0.15, 0.2) is 0 Å². The van der Waals surface area contributed by atoms with E-state index in [2.05, 4.69) is 5.32 Å². The third-order valence-electron chi connectivity index (χ3n) is 6.46. The fourth-order valence-corrected chi connectivity index (χ4v) is 4.66. The van der Waals surface area contributed by atoms with Crippen LogP contribution in [0.4, 0.5) is 10.5 Å². The molecule has 0 aliphatic carbocycles. The minimum atomic E-state index is -0.141. The standard InChI is InChI=1S/C24H35N3O4/c28-23(26-13-3-1-2-4-14-26)19-9-11-20(12-10-19)25-24(29)27(17-21-7-5-15-30-21)18-22-8-6-16-31-22/h9-12,21-22H,1-8,13-18H2,(H,25,29)/t21-,22-/m0/s1. The number of nitrogens with zero attached hydrogens (tertiary/aromatic N) is 2. The Labute approximate surface area is 185 Å². The molecule has 2 atom stereocenters. The summed E-state index contributed by atoms with van der Waals surface area (Å²) in [5.41, 5.74) is 1.37. The fourth-order valence-electron chi connectivity index (χ4n) is 4.66. The van der Waals surface area contributed by atoms with Gasteiger partial charge in [0.2, 0.25) is 0 Å². The number of carbonyl (C=O) groups is 2. The monoisotopic (exact) mass is 429 g/mol. The van der Waals surface area contributed by atoms with Gasteiger partial charge in [-0.1, -0.05) is 12.8 Å². The predicted octanol–water partition coefficient (Wildman–Crippen LogP) is 3.89. The van der Waals surface area contributed by atoms with Gasteiger partial charge in [-0.2, -0.15) is 0 Å². The van der Waals surface area contributed by atoms with E-state index in [9.17, 15) is 9.59 Å². The summed E-state index contributed by atoms with van der Waals surface area (Å²) in [4.78, 5) is 29.6. The molecule has 1 aromatic carbocycles. The molecule has 170 valence electrons. The zero-order chi connectivity index (χ0) is 21.5. The van der Waals surface area contributed by atoms with E-state index in [1.807, 2.05) is 34.1 Å². The second kappa shape index (κ2) is 11.0. The van der Waals surface area contributed by atoms with E-state index < -0.39 is 0 Å². The van der Waals surface area contributed by atoms with Crippen LogP contribution < -0.4 is 5.32 Å². The second-order valence-corrected chi connectivity index (χ2v) is 8.89. The molecule has 0 unspecified atom stereocenters. The van der Waals surface area contributed by atoms with Crippen LogP contribution in [-0.2, 0) is 9.47 Å². The number of hydrogen-bond acceptors (Lipinski definition) is 4. The lowest BCUT2D eigenvalue weighted by Crippen LogP contribution is -2.44. The summed E-state index contributed by atoms with van der Waals surface area (Å²) < 4.78 is 11.5. The van der Waals surface area contributed by atoms with Crippen LogP contribution in [-0.4, -0.2) is 73.3 Å². The molecule has 0 saturated carbocycles. The highest BCUT2D eigenvalue weighted by Crippen LogP contribution is 2.19. The van der Waals surface area contributed by atoms with Gasteiger partial charge >= 0.3 is 6.03 Å². The van der Waals surface area contributed by atoms with E-state index in [-0.39, 0.29) is 24.1 Å². The molecule has 0 aromatic heterocycles. The summed E-state index contributed by atoms with van der Waals surface area (Å²) in [6, 6.07) is 7.12. The van der Waals surface area contributed by atoms with Gasteiger partial charge < -0.3 is 24.6 Å². The number of ether oxygens (including phenoxy) is 2. The van der Waals surface area contributed by atoms with E-state index in [1.54, 1.807) is 0 Å². The smallest absolute Gasteiger partial charge is 0.322 e. The van der Waals surface area contributed by atoms with Gasteiger partial charge in [0.05, 0.1) is 12.2 Å². The van der Waals surface area contributed by atoms with Crippen molar-refractivity contribution in [2.45, 2.75) is 63.6 Å². The Morgan fingerprint density at radius 1 is 0.871 bits per heavy atom. The third kappa shape index (κ3) is 6.20. The molecule has 7 heteroatoms. The first-order chi connectivity index (χ1) is 15.2. The first kappa shape index (κ1) is 22.1. The van der Waals surface area contributed by atoms with E-state index in [4.69, 9.17) is 9.47 Å². The number of benzene rings is 1. The number of carbonyl (C=O) groups excluding carboxylic acids is 2. The van der Waals surface area contributed by atoms with Crippen molar-refractivity contribution in [2.75, 3.05) is 44.7 Å².